The number of nitrogens with one attached hydrogen (secondary N) is 2. The van der Waals surface area contributed by atoms with Crippen LogP contribution >= 0.6 is 23.8 Å². The van der Waals surface area contributed by atoms with Gasteiger partial charge in [-0.1, -0.05) is 23.7 Å². The third kappa shape index (κ3) is 4.39. The van der Waals surface area contributed by atoms with E-state index in [1.165, 1.54) is 18.2 Å². The van der Waals surface area contributed by atoms with E-state index in [4.69, 9.17) is 23.8 Å². The number of nitrogens with zero attached hydrogens (tertiary/aromatic N) is 2. The third-order valence-electron chi connectivity index (χ3n) is 4.09. The number of hydrogen-bond acceptors (Lipinski definition) is 6. The molecule has 2 aromatic rings. The van der Waals surface area contributed by atoms with Gasteiger partial charge in [-0.3, -0.25) is 29.4 Å². The van der Waals surface area contributed by atoms with E-state index < -0.39 is 22.6 Å². The number of halogens is 1. The largest absolute Gasteiger partial charge is 0.332 e. The molecule has 11 heteroatoms. The van der Waals surface area contributed by atoms with Crippen LogP contribution in [-0.2, 0) is 4.79 Å². The van der Waals surface area contributed by atoms with Crippen molar-refractivity contribution in [3.05, 3.63) is 68.7 Å². The molecule has 2 N–H and O–H groups in total. The van der Waals surface area contributed by atoms with E-state index in [0.717, 1.165) is 4.90 Å². The molecule has 0 aromatic heterocycles. The highest BCUT2D eigenvalue weighted by molar-refractivity contribution is 7.80. The molecule has 0 unspecified atom stereocenters. The maximum absolute atomic E-state index is 12.3. The van der Waals surface area contributed by atoms with Gasteiger partial charge >= 0.3 is 0 Å². The first-order valence-electron chi connectivity index (χ1n) is 8.28. The van der Waals surface area contributed by atoms with Crippen molar-refractivity contribution in [1.82, 2.24) is 10.2 Å². The summed E-state index contributed by atoms with van der Waals surface area (Å²) in [6.07, 6.45) is -0.159. The predicted molar refractivity (Wildman–Crippen MR) is 109 cm³/mol. The number of anilines is 1. The Balaban J connectivity index is 1.55. The predicted octanol–water partition coefficient (Wildman–Crippen LogP) is 2.75. The molecule has 0 spiro atoms. The van der Waals surface area contributed by atoms with Crippen LogP contribution in [0.4, 0.5) is 11.4 Å². The lowest BCUT2D eigenvalue weighted by atomic mass is 10.1. The minimum absolute atomic E-state index is 0.0311. The van der Waals surface area contributed by atoms with E-state index in [1.54, 1.807) is 24.3 Å². The van der Waals surface area contributed by atoms with Gasteiger partial charge in [0.2, 0.25) is 5.91 Å². The third-order valence-corrected chi connectivity index (χ3v) is 4.62. The zero-order valence-corrected chi connectivity index (χ0v) is 16.2. The molecule has 1 heterocycles. The Morgan fingerprint density at radius 3 is 2.34 bits per heavy atom. The molecule has 0 saturated heterocycles. The SMILES string of the molecule is O=C(CCN1C(=O)c2ccccc2C1=O)NC(=S)Nc1ccc(Cl)c([N+](=O)[O-])c1. The first kappa shape index (κ1) is 20.4. The van der Waals surface area contributed by atoms with Gasteiger partial charge in [0, 0.05) is 24.7 Å². The second kappa shape index (κ2) is 8.33. The summed E-state index contributed by atoms with van der Waals surface area (Å²) >= 11 is 10.8. The van der Waals surface area contributed by atoms with Gasteiger partial charge in [0.25, 0.3) is 17.5 Å². The molecular formula is C18H13ClN4O5S. The summed E-state index contributed by atoms with van der Waals surface area (Å²) in [7, 11) is 0. The van der Waals surface area contributed by atoms with Crippen LogP contribution in [-0.4, -0.2) is 39.2 Å². The number of fused-ring (bicyclic) bond motifs is 1. The minimum Gasteiger partial charge on any atom is -0.332 e. The Hall–Kier alpha value is -3.37. The highest BCUT2D eigenvalue weighted by atomic mass is 35.5. The van der Waals surface area contributed by atoms with Crippen molar-refractivity contribution in [2.75, 3.05) is 11.9 Å². The fraction of sp³-hybridized carbons (Fsp3) is 0.111. The van der Waals surface area contributed by atoms with Gasteiger partial charge < -0.3 is 10.6 Å². The van der Waals surface area contributed by atoms with Gasteiger partial charge in [0.1, 0.15) is 5.02 Å². The number of nitro groups is 1. The maximum atomic E-state index is 12.3. The van der Waals surface area contributed by atoms with E-state index in [-0.39, 0.29) is 34.5 Å². The van der Waals surface area contributed by atoms with E-state index in [2.05, 4.69) is 10.6 Å². The van der Waals surface area contributed by atoms with Gasteiger partial charge in [-0.05, 0) is 36.5 Å². The zero-order valence-electron chi connectivity index (χ0n) is 14.7. The molecule has 0 saturated carbocycles. The summed E-state index contributed by atoms with van der Waals surface area (Å²) in [5.74, 6) is -1.43. The van der Waals surface area contributed by atoms with E-state index in [0.29, 0.717) is 11.1 Å². The topological polar surface area (TPSA) is 122 Å². The number of rotatable bonds is 5. The number of carbonyl (C=O) groups is 3. The lowest BCUT2D eigenvalue weighted by Gasteiger charge is -2.14. The quantitative estimate of drug-likeness (QED) is 0.322. The monoisotopic (exact) mass is 432 g/mol. The lowest BCUT2D eigenvalue weighted by Crippen LogP contribution is -2.38. The van der Waals surface area contributed by atoms with Crippen LogP contribution in [0.25, 0.3) is 0 Å². The second-order valence-corrected chi connectivity index (χ2v) is 6.80. The first-order valence-corrected chi connectivity index (χ1v) is 9.06. The average molecular weight is 433 g/mol. The van der Waals surface area contributed by atoms with E-state index in [9.17, 15) is 24.5 Å². The molecule has 0 fully saturated rings. The van der Waals surface area contributed by atoms with E-state index >= 15 is 0 Å². The maximum Gasteiger partial charge on any atom is 0.289 e. The Kier molecular flexibility index (Phi) is 5.85. The fourth-order valence-corrected chi connectivity index (χ4v) is 3.16. The summed E-state index contributed by atoms with van der Waals surface area (Å²) in [6.45, 7) is -0.104. The van der Waals surface area contributed by atoms with Crippen molar-refractivity contribution in [2.24, 2.45) is 0 Å². The molecule has 148 valence electrons. The van der Waals surface area contributed by atoms with Crippen molar-refractivity contribution >= 4 is 58.0 Å². The average Bonchev–Trinajstić information content (AvgIpc) is 2.92. The summed E-state index contributed by atoms with van der Waals surface area (Å²) in [6, 6.07) is 10.4. The Bertz CT molecular complexity index is 1020. The van der Waals surface area contributed by atoms with Crippen LogP contribution < -0.4 is 10.6 Å². The number of nitro benzene ring substituents is 1. The molecule has 0 atom stereocenters. The molecule has 0 aliphatic carbocycles. The fourth-order valence-electron chi connectivity index (χ4n) is 2.74. The van der Waals surface area contributed by atoms with Crippen LogP contribution in [0.3, 0.4) is 0 Å². The van der Waals surface area contributed by atoms with Gasteiger partial charge in [-0.15, -0.1) is 0 Å². The smallest absolute Gasteiger partial charge is 0.289 e. The number of amides is 3. The summed E-state index contributed by atoms with van der Waals surface area (Å²) < 4.78 is 0. The molecule has 29 heavy (non-hydrogen) atoms. The Morgan fingerprint density at radius 2 is 1.76 bits per heavy atom. The number of benzene rings is 2. The summed E-state index contributed by atoms with van der Waals surface area (Å²) in [4.78, 5) is 47.9. The van der Waals surface area contributed by atoms with Crippen molar-refractivity contribution < 1.29 is 19.3 Å². The second-order valence-electron chi connectivity index (χ2n) is 5.98. The van der Waals surface area contributed by atoms with Gasteiger partial charge in [-0.25, -0.2) is 0 Å². The number of thiocarbonyl (C=S) groups is 1. The van der Waals surface area contributed by atoms with Gasteiger partial charge in [-0.2, -0.15) is 0 Å². The van der Waals surface area contributed by atoms with Crippen LogP contribution in [0.5, 0.6) is 0 Å². The standard InChI is InChI=1S/C18H13ClN4O5S/c19-13-6-5-10(9-14(13)23(27)28)20-18(29)21-15(24)7-8-22-16(25)11-3-1-2-4-12(11)17(22)26/h1-6,9H,7-8H2,(H2,20,21,24,29). The Labute approximate surface area is 174 Å². The summed E-state index contributed by atoms with van der Waals surface area (Å²) in [5, 5.41) is 15.8. The molecular weight excluding hydrogens is 420 g/mol. The summed E-state index contributed by atoms with van der Waals surface area (Å²) in [5.41, 5.74) is 0.571. The zero-order chi connectivity index (χ0) is 21.1. The van der Waals surface area contributed by atoms with Crippen LogP contribution in [0.1, 0.15) is 27.1 Å². The number of hydrogen-bond donors (Lipinski definition) is 2. The van der Waals surface area contributed by atoms with Crippen LogP contribution in [0, 0.1) is 10.1 Å². The molecule has 2 aromatic carbocycles. The number of imide groups is 1. The molecule has 1 aliphatic heterocycles. The highest BCUT2D eigenvalue weighted by Gasteiger charge is 2.34. The molecule has 3 rings (SSSR count). The minimum atomic E-state index is -0.642. The van der Waals surface area contributed by atoms with Crippen LogP contribution in [0.15, 0.2) is 42.5 Å². The molecule has 9 nitrogen and oxygen atoms in total. The van der Waals surface area contributed by atoms with Crippen LogP contribution in [0.2, 0.25) is 5.02 Å². The highest BCUT2D eigenvalue weighted by Crippen LogP contribution is 2.27. The number of carbonyl (C=O) groups excluding carboxylic acids is 3. The first-order chi connectivity index (χ1) is 13.8. The Morgan fingerprint density at radius 1 is 1.14 bits per heavy atom. The van der Waals surface area contributed by atoms with Crippen molar-refractivity contribution in [3.63, 3.8) is 0 Å². The molecule has 1 aliphatic rings. The van der Waals surface area contributed by atoms with Crippen molar-refractivity contribution in [3.8, 4) is 0 Å². The van der Waals surface area contributed by atoms with E-state index in [1.807, 2.05) is 0 Å². The molecule has 0 radical (unpaired) electrons. The lowest BCUT2D eigenvalue weighted by molar-refractivity contribution is -0.384. The normalized spacial score (nSPS) is 12.5. The van der Waals surface area contributed by atoms with Crippen molar-refractivity contribution in [2.45, 2.75) is 6.42 Å². The van der Waals surface area contributed by atoms with Gasteiger partial charge in [0.05, 0.1) is 16.1 Å². The van der Waals surface area contributed by atoms with Gasteiger partial charge in [0.15, 0.2) is 5.11 Å². The van der Waals surface area contributed by atoms with Crippen molar-refractivity contribution in [1.29, 1.82) is 0 Å². The molecule has 3 amide bonds. The molecule has 0 bridgehead atoms.